The molecular weight excluding hydrogens is 1200 g/mol. The Morgan fingerprint density at radius 1 is 0.163 bits per heavy atom. The van der Waals surface area contributed by atoms with E-state index < -0.39 is 0 Å². The van der Waals surface area contributed by atoms with Gasteiger partial charge >= 0.3 is 0 Å². The lowest BCUT2D eigenvalue weighted by Crippen LogP contribution is -1.91. The highest BCUT2D eigenvalue weighted by atomic mass is 14.8. The summed E-state index contributed by atoms with van der Waals surface area (Å²) in [7, 11) is 0. The number of aromatic nitrogens is 10. The predicted molar refractivity (Wildman–Crippen MR) is 400 cm³/mol. The third kappa shape index (κ3) is 11.0. The molecule has 10 heterocycles. The van der Waals surface area contributed by atoms with Crippen LogP contribution in [0, 0.1) is 0 Å². The first-order chi connectivity index (χ1) is 48.5. The molecule has 0 unspecified atom stereocenters. The van der Waals surface area contributed by atoms with Crippen LogP contribution in [-0.2, 0) is 0 Å². The SMILES string of the molecule is c1ccc(-c2ccc3cc(-c4ccc5nc(-c6ccc(-c7ccnc8c7ccc7cccnc78)cc6)ccc5c4)ccc3n2)nc1.c1ccc(-c2ccc3ccc4ccc(-c5ccc(-c6ccc7cc(-c8ccc9nc(-c%10ccccn%10)ccc9c8)ccc7n6)cc5)nc4c3n2)cc1. The highest BCUT2D eigenvalue weighted by Crippen LogP contribution is 2.37. The van der Waals surface area contributed by atoms with Gasteiger partial charge in [-0.25, -0.2) is 29.9 Å². The van der Waals surface area contributed by atoms with Crippen LogP contribution in [0.5, 0.6) is 0 Å². The van der Waals surface area contributed by atoms with E-state index >= 15 is 0 Å². The molecule has 10 nitrogen and oxygen atoms in total. The highest BCUT2D eigenvalue weighted by molar-refractivity contribution is 6.08. The Labute approximate surface area is 563 Å². The summed E-state index contributed by atoms with van der Waals surface area (Å²) >= 11 is 0. The summed E-state index contributed by atoms with van der Waals surface area (Å²) < 4.78 is 0. The van der Waals surface area contributed by atoms with Crippen molar-refractivity contribution in [3.05, 3.63) is 328 Å². The number of hydrogen-bond donors (Lipinski definition) is 0. The molecule has 19 rings (SSSR count). The second-order valence-electron chi connectivity index (χ2n) is 24.4. The van der Waals surface area contributed by atoms with Crippen molar-refractivity contribution >= 4 is 87.2 Å². The van der Waals surface area contributed by atoms with Crippen LogP contribution >= 0.6 is 0 Å². The Morgan fingerprint density at radius 2 is 0.510 bits per heavy atom. The minimum Gasteiger partial charge on any atom is -0.255 e. The molecule has 0 amide bonds. The number of nitrogens with zero attached hydrogens (tertiary/aromatic N) is 10. The molecule has 0 saturated heterocycles. The minimum absolute atomic E-state index is 0.873. The van der Waals surface area contributed by atoms with Gasteiger partial charge in [0.15, 0.2) is 0 Å². The number of fused-ring (bicyclic) bond motifs is 10. The molecule has 0 spiro atoms. The van der Waals surface area contributed by atoms with Gasteiger partial charge in [-0.05, 0) is 155 Å². The number of pyridine rings is 10. The van der Waals surface area contributed by atoms with E-state index in [9.17, 15) is 0 Å². The van der Waals surface area contributed by atoms with E-state index in [1.807, 2.05) is 85.2 Å². The number of benzene rings is 9. The Bertz CT molecular complexity index is 6290. The molecule has 0 bridgehead atoms. The van der Waals surface area contributed by atoms with E-state index in [2.05, 4.69) is 250 Å². The maximum atomic E-state index is 5.13. The van der Waals surface area contributed by atoms with Gasteiger partial charge in [0, 0.05) is 90.1 Å². The first-order valence-electron chi connectivity index (χ1n) is 32.6. The summed E-state index contributed by atoms with van der Waals surface area (Å²) in [4.78, 5) is 48.1. The van der Waals surface area contributed by atoms with E-state index in [1.165, 1.54) is 0 Å². The Morgan fingerprint density at radius 3 is 0.969 bits per heavy atom. The van der Waals surface area contributed by atoms with Crippen LogP contribution in [0.4, 0.5) is 0 Å². The topological polar surface area (TPSA) is 129 Å². The van der Waals surface area contributed by atoms with Crippen molar-refractivity contribution < 1.29 is 0 Å². The molecule has 0 radical (unpaired) electrons. The van der Waals surface area contributed by atoms with Crippen molar-refractivity contribution in [2.75, 3.05) is 0 Å². The molecule has 456 valence electrons. The van der Waals surface area contributed by atoms with Gasteiger partial charge in [-0.1, -0.05) is 182 Å². The monoisotopic (exact) mass is 1250 g/mol. The third-order valence-corrected chi connectivity index (χ3v) is 18.3. The first-order valence-corrected chi connectivity index (χ1v) is 32.6. The average molecular weight is 1250 g/mol. The molecule has 19 aromatic rings. The van der Waals surface area contributed by atoms with Crippen LogP contribution < -0.4 is 0 Å². The van der Waals surface area contributed by atoms with Crippen molar-refractivity contribution in [3.63, 3.8) is 0 Å². The lowest BCUT2D eigenvalue weighted by atomic mass is 9.98. The Hall–Kier alpha value is -13.4. The van der Waals surface area contributed by atoms with Gasteiger partial charge in [0.2, 0.25) is 0 Å². The molecule has 0 aliphatic carbocycles. The van der Waals surface area contributed by atoms with Crippen molar-refractivity contribution in [1.82, 2.24) is 49.8 Å². The van der Waals surface area contributed by atoms with Crippen LogP contribution in [0.15, 0.2) is 328 Å². The van der Waals surface area contributed by atoms with Crippen LogP contribution in [0.25, 0.3) is 188 Å². The van der Waals surface area contributed by atoms with Gasteiger partial charge in [-0.3, -0.25) is 19.9 Å². The Kier molecular flexibility index (Phi) is 14.3. The van der Waals surface area contributed by atoms with E-state index in [0.29, 0.717) is 0 Å². The summed E-state index contributed by atoms with van der Waals surface area (Å²) in [6.07, 6.45) is 7.28. The summed E-state index contributed by atoms with van der Waals surface area (Å²) in [5.74, 6) is 0. The largest absolute Gasteiger partial charge is 0.255 e. The molecule has 0 atom stereocenters. The first kappa shape index (κ1) is 57.2. The van der Waals surface area contributed by atoms with Gasteiger partial charge in [-0.2, -0.15) is 0 Å². The summed E-state index contributed by atoms with van der Waals surface area (Å²) in [5, 5.41) is 8.72. The molecule has 0 aliphatic heterocycles. The van der Waals surface area contributed by atoms with Gasteiger partial charge in [0.05, 0.1) is 89.7 Å². The normalized spacial score (nSPS) is 11.5. The van der Waals surface area contributed by atoms with E-state index in [1.54, 1.807) is 12.4 Å². The standard InChI is InChI=1S/C47H29N5.C41H25N5/c1-2-6-30(7-3-1)40-21-15-33-13-14-34-16-22-41(52-47(34)46(33)51-40)32-11-9-31(10-12-32)39-25-19-37-28-35(17-23-42(37)49-39)36-18-24-43-38(29-36)20-26-45(50-43)44-8-4-5-27-48-44;1-2-21-42-38(5-1)39-19-14-32-25-30(12-17-37(32)46-39)29-11-16-36-31(24-29)13-18-35(45-36)27-8-6-26(7-9-27)33-20-23-44-41-34(33)15-10-28-4-3-22-43-40(28)41/h1-29H;1-25H. The summed E-state index contributed by atoms with van der Waals surface area (Å²) in [6.45, 7) is 0. The van der Waals surface area contributed by atoms with Crippen LogP contribution in [0.2, 0.25) is 0 Å². The second kappa shape index (κ2) is 24.5. The average Bonchev–Trinajstić information content (AvgIpc) is 0.782. The highest BCUT2D eigenvalue weighted by Gasteiger charge is 2.15. The molecule has 98 heavy (non-hydrogen) atoms. The maximum Gasteiger partial charge on any atom is 0.0972 e. The Balaban J connectivity index is 0.000000143. The molecule has 0 N–H and O–H groups in total. The quantitative estimate of drug-likeness (QED) is 0.129. The lowest BCUT2D eigenvalue weighted by molar-refractivity contribution is 1.28. The molecule has 0 fully saturated rings. The van der Waals surface area contributed by atoms with Crippen LogP contribution in [-0.4, -0.2) is 49.8 Å². The summed E-state index contributed by atoms with van der Waals surface area (Å²) in [6, 6.07) is 105. The van der Waals surface area contributed by atoms with Crippen LogP contribution in [0.3, 0.4) is 0 Å². The van der Waals surface area contributed by atoms with Crippen molar-refractivity contribution in [2.24, 2.45) is 0 Å². The van der Waals surface area contributed by atoms with Crippen molar-refractivity contribution in [1.29, 1.82) is 0 Å². The molecule has 10 heteroatoms. The zero-order valence-corrected chi connectivity index (χ0v) is 52.6. The van der Waals surface area contributed by atoms with Crippen LogP contribution in [0.1, 0.15) is 0 Å². The minimum atomic E-state index is 0.873. The lowest BCUT2D eigenvalue weighted by Gasteiger charge is -2.10. The maximum absolute atomic E-state index is 5.13. The molecule has 9 aromatic carbocycles. The zero-order chi connectivity index (χ0) is 64.9. The van der Waals surface area contributed by atoms with Gasteiger partial charge < -0.3 is 0 Å². The fourth-order valence-corrected chi connectivity index (χ4v) is 13.2. The van der Waals surface area contributed by atoms with Gasteiger partial charge in [-0.15, -0.1) is 0 Å². The summed E-state index contributed by atoms with van der Waals surface area (Å²) in [5.41, 5.74) is 25.8. The molecule has 0 aliphatic rings. The van der Waals surface area contributed by atoms with E-state index in [4.69, 9.17) is 29.9 Å². The van der Waals surface area contributed by atoms with E-state index in [0.717, 1.165) is 188 Å². The molecular formula is C88H54N10. The number of rotatable bonds is 9. The molecule has 10 aromatic heterocycles. The zero-order valence-electron chi connectivity index (χ0n) is 52.6. The fraction of sp³-hybridized carbons (Fsp3) is 0. The second-order valence-corrected chi connectivity index (χ2v) is 24.4. The fourth-order valence-electron chi connectivity index (χ4n) is 13.2. The van der Waals surface area contributed by atoms with E-state index in [-0.39, 0.29) is 0 Å². The van der Waals surface area contributed by atoms with Gasteiger partial charge in [0.25, 0.3) is 0 Å². The molecule has 0 saturated carbocycles. The smallest absolute Gasteiger partial charge is 0.0972 e. The van der Waals surface area contributed by atoms with Gasteiger partial charge in [0.1, 0.15) is 0 Å². The third-order valence-electron chi connectivity index (χ3n) is 18.3. The number of hydrogen-bond acceptors (Lipinski definition) is 10. The van der Waals surface area contributed by atoms with Crippen molar-refractivity contribution in [3.8, 4) is 101 Å². The predicted octanol–water partition coefficient (Wildman–Crippen LogP) is 21.6. The van der Waals surface area contributed by atoms with Crippen molar-refractivity contribution in [2.45, 2.75) is 0 Å².